The summed E-state index contributed by atoms with van der Waals surface area (Å²) < 4.78 is 10.7. The Balaban J connectivity index is 1.93. The molecule has 2 aromatic rings. The number of hydrogen-bond donors (Lipinski definition) is 1. The van der Waals surface area contributed by atoms with Crippen molar-refractivity contribution in [3.8, 4) is 11.5 Å². The molecule has 0 saturated heterocycles. The molecule has 0 aliphatic heterocycles. The predicted octanol–water partition coefficient (Wildman–Crippen LogP) is 3.69. The summed E-state index contributed by atoms with van der Waals surface area (Å²) in [7, 11) is 3.28. The highest BCUT2D eigenvalue weighted by Crippen LogP contribution is 2.21. The smallest absolute Gasteiger partial charge is 0.244 e. The third kappa shape index (κ3) is 5.38. The molecule has 25 heavy (non-hydrogen) atoms. The number of methoxy groups -OCH3 is 2. The van der Waals surface area contributed by atoms with Gasteiger partial charge >= 0.3 is 0 Å². The average molecular weight is 339 g/mol. The van der Waals surface area contributed by atoms with E-state index in [1.165, 1.54) is 11.6 Å². The number of aryl methyl sites for hydroxylation is 2. The molecule has 132 valence electrons. The van der Waals surface area contributed by atoms with E-state index < -0.39 is 0 Å². The lowest BCUT2D eigenvalue weighted by molar-refractivity contribution is -0.116. The van der Waals surface area contributed by atoms with Crippen LogP contribution in [0.15, 0.2) is 42.5 Å². The molecule has 0 saturated carbocycles. The van der Waals surface area contributed by atoms with Crippen molar-refractivity contribution in [3.63, 3.8) is 0 Å². The zero-order chi connectivity index (χ0) is 18.2. The molecule has 4 nitrogen and oxygen atoms in total. The van der Waals surface area contributed by atoms with Gasteiger partial charge in [0.2, 0.25) is 5.91 Å². The predicted molar refractivity (Wildman–Crippen MR) is 101 cm³/mol. The molecule has 0 aromatic heterocycles. The minimum Gasteiger partial charge on any atom is -0.496 e. The van der Waals surface area contributed by atoms with E-state index in [1.54, 1.807) is 20.3 Å². The monoisotopic (exact) mass is 339 g/mol. The highest BCUT2D eigenvalue weighted by Gasteiger charge is 2.04. The molecule has 1 N–H and O–H groups in total. The molecule has 2 aromatic carbocycles. The lowest BCUT2D eigenvalue weighted by Crippen LogP contribution is -2.23. The van der Waals surface area contributed by atoms with Gasteiger partial charge in [0.25, 0.3) is 0 Å². The molecule has 0 spiro atoms. The van der Waals surface area contributed by atoms with Crippen molar-refractivity contribution >= 4 is 12.0 Å². The number of carbonyl (C=O) groups excluding carboxylic acids is 1. The van der Waals surface area contributed by atoms with Gasteiger partial charge in [0.15, 0.2) is 0 Å². The maximum Gasteiger partial charge on any atom is 0.244 e. The number of nitrogens with one attached hydrogen (secondary N) is 1. The van der Waals surface area contributed by atoms with Crippen LogP contribution in [0, 0.1) is 13.8 Å². The molecule has 0 radical (unpaired) electrons. The molecule has 2 rings (SSSR count). The fourth-order valence-corrected chi connectivity index (χ4v) is 2.63. The number of ether oxygens (including phenoxy) is 2. The van der Waals surface area contributed by atoms with Crippen LogP contribution >= 0.6 is 0 Å². The molecule has 0 atom stereocenters. The van der Waals surface area contributed by atoms with Crippen molar-refractivity contribution in [1.29, 1.82) is 0 Å². The molecule has 0 aliphatic carbocycles. The van der Waals surface area contributed by atoms with Crippen LogP contribution in [-0.2, 0) is 11.2 Å². The van der Waals surface area contributed by atoms with E-state index in [1.807, 2.05) is 44.2 Å². The van der Waals surface area contributed by atoms with E-state index in [-0.39, 0.29) is 5.91 Å². The third-order valence-electron chi connectivity index (χ3n) is 3.93. The maximum atomic E-state index is 12.0. The van der Waals surface area contributed by atoms with Crippen molar-refractivity contribution in [2.45, 2.75) is 20.3 Å². The number of amides is 1. The van der Waals surface area contributed by atoms with E-state index in [0.29, 0.717) is 6.54 Å². The Morgan fingerprint density at radius 1 is 1.00 bits per heavy atom. The van der Waals surface area contributed by atoms with E-state index in [9.17, 15) is 4.79 Å². The minimum atomic E-state index is -0.129. The zero-order valence-electron chi connectivity index (χ0n) is 15.3. The van der Waals surface area contributed by atoms with E-state index >= 15 is 0 Å². The first-order chi connectivity index (χ1) is 12.0. The zero-order valence-corrected chi connectivity index (χ0v) is 15.3. The first-order valence-corrected chi connectivity index (χ1v) is 8.27. The van der Waals surface area contributed by atoms with Crippen molar-refractivity contribution in [1.82, 2.24) is 5.32 Å². The highest BCUT2D eigenvalue weighted by atomic mass is 16.5. The van der Waals surface area contributed by atoms with Crippen LogP contribution < -0.4 is 14.8 Å². The molecule has 0 bridgehead atoms. The number of hydrogen-bond acceptors (Lipinski definition) is 3. The lowest BCUT2D eigenvalue weighted by atomic mass is 10.1. The van der Waals surface area contributed by atoms with E-state index in [2.05, 4.69) is 11.4 Å². The maximum absolute atomic E-state index is 12.0. The van der Waals surface area contributed by atoms with Crippen molar-refractivity contribution in [2.75, 3.05) is 20.8 Å². The Labute approximate surface area is 149 Å². The van der Waals surface area contributed by atoms with Crippen LogP contribution in [-0.4, -0.2) is 26.7 Å². The van der Waals surface area contributed by atoms with Gasteiger partial charge in [-0.2, -0.15) is 0 Å². The van der Waals surface area contributed by atoms with Crippen molar-refractivity contribution in [2.24, 2.45) is 0 Å². The van der Waals surface area contributed by atoms with Gasteiger partial charge in [-0.15, -0.1) is 0 Å². The van der Waals surface area contributed by atoms with Crippen LogP contribution in [0.25, 0.3) is 6.08 Å². The second-order valence-electron chi connectivity index (χ2n) is 5.94. The van der Waals surface area contributed by atoms with Gasteiger partial charge in [0.1, 0.15) is 11.5 Å². The Morgan fingerprint density at radius 2 is 1.64 bits per heavy atom. The van der Waals surface area contributed by atoms with Gasteiger partial charge in [-0.3, -0.25) is 4.79 Å². The summed E-state index contributed by atoms with van der Waals surface area (Å²) in [6, 6.07) is 11.9. The fourth-order valence-electron chi connectivity index (χ4n) is 2.63. The summed E-state index contributed by atoms with van der Waals surface area (Å²) in [4.78, 5) is 12.0. The molecule has 0 aliphatic rings. The summed E-state index contributed by atoms with van der Waals surface area (Å²) in [5, 5.41) is 2.90. The largest absolute Gasteiger partial charge is 0.496 e. The first-order valence-electron chi connectivity index (χ1n) is 8.27. The summed E-state index contributed by atoms with van der Waals surface area (Å²) in [5.41, 5.74) is 4.27. The number of carbonyl (C=O) groups is 1. The normalized spacial score (nSPS) is 10.7. The molecule has 0 fully saturated rings. The highest BCUT2D eigenvalue weighted by molar-refractivity contribution is 5.92. The van der Waals surface area contributed by atoms with Crippen LogP contribution in [0.2, 0.25) is 0 Å². The lowest BCUT2D eigenvalue weighted by Gasteiger charge is -2.10. The van der Waals surface area contributed by atoms with Gasteiger partial charge in [0, 0.05) is 18.2 Å². The fraction of sp³-hybridized carbons (Fsp3) is 0.286. The van der Waals surface area contributed by atoms with Gasteiger partial charge in [-0.05, 0) is 50.1 Å². The Morgan fingerprint density at radius 3 is 2.32 bits per heavy atom. The topological polar surface area (TPSA) is 47.6 Å². The third-order valence-corrected chi connectivity index (χ3v) is 3.93. The second kappa shape index (κ2) is 8.92. The van der Waals surface area contributed by atoms with Crippen LogP contribution in [0.4, 0.5) is 0 Å². The SMILES string of the molecule is COc1ccc(C)cc1/C=C/C(=O)NCCc1cc(C)ccc1OC. The van der Waals surface area contributed by atoms with Gasteiger partial charge < -0.3 is 14.8 Å². The van der Waals surface area contributed by atoms with Crippen molar-refractivity contribution < 1.29 is 14.3 Å². The van der Waals surface area contributed by atoms with Gasteiger partial charge in [-0.25, -0.2) is 0 Å². The Bertz CT molecular complexity index is 766. The Hall–Kier alpha value is -2.75. The molecule has 0 unspecified atom stereocenters. The first kappa shape index (κ1) is 18.6. The molecule has 4 heteroatoms. The number of rotatable bonds is 7. The number of benzene rings is 2. The van der Waals surface area contributed by atoms with E-state index in [0.717, 1.165) is 34.6 Å². The minimum absolute atomic E-state index is 0.129. The molecule has 1 amide bonds. The van der Waals surface area contributed by atoms with Crippen LogP contribution in [0.3, 0.4) is 0 Å². The summed E-state index contributed by atoms with van der Waals surface area (Å²) in [6.45, 7) is 4.60. The van der Waals surface area contributed by atoms with Crippen LogP contribution in [0.5, 0.6) is 11.5 Å². The van der Waals surface area contributed by atoms with Crippen molar-refractivity contribution in [3.05, 3.63) is 64.7 Å². The van der Waals surface area contributed by atoms with Gasteiger partial charge in [0.05, 0.1) is 14.2 Å². The molecular formula is C21H25NO3. The second-order valence-corrected chi connectivity index (χ2v) is 5.94. The van der Waals surface area contributed by atoms with E-state index in [4.69, 9.17) is 9.47 Å². The molecular weight excluding hydrogens is 314 g/mol. The van der Waals surface area contributed by atoms with Gasteiger partial charge in [-0.1, -0.05) is 29.3 Å². The standard InChI is InChI=1S/C21H25NO3/c1-15-5-8-19(24-3)17(13-15)7-10-21(23)22-12-11-18-14-16(2)6-9-20(18)25-4/h5-10,13-14H,11-12H2,1-4H3,(H,22,23)/b10-7+. The van der Waals surface area contributed by atoms with Crippen LogP contribution in [0.1, 0.15) is 22.3 Å². The Kier molecular flexibility index (Phi) is 6.63. The average Bonchev–Trinajstić information content (AvgIpc) is 2.60. The summed E-state index contributed by atoms with van der Waals surface area (Å²) >= 11 is 0. The quantitative estimate of drug-likeness (QED) is 0.783. The summed E-state index contributed by atoms with van der Waals surface area (Å²) in [6.07, 6.45) is 4.03. The molecule has 0 heterocycles. The summed E-state index contributed by atoms with van der Waals surface area (Å²) in [5.74, 6) is 1.47.